The number of rotatable bonds is 2. The Bertz CT molecular complexity index is 715. The topological polar surface area (TPSA) is 72.2 Å². The van der Waals surface area contributed by atoms with Crippen LogP contribution in [0, 0.1) is 10.1 Å². The monoisotopic (exact) mass is 286 g/mol. The van der Waals surface area contributed by atoms with Crippen LogP contribution < -0.4 is 5.32 Å². The molecule has 0 spiro atoms. The van der Waals surface area contributed by atoms with E-state index in [9.17, 15) is 14.9 Å². The van der Waals surface area contributed by atoms with E-state index in [0.717, 1.165) is 21.7 Å². The van der Waals surface area contributed by atoms with Gasteiger partial charge in [-0.1, -0.05) is 18.2 Å². The Labute approximate surface area is 119 Å². The Hall–Kier alpha value is -2.34. The van der Waals surface area contributed by atoms with Gasteiger partial charge in [-0.2, -0.15) is 0 Å². The second-order valence-electron chi connectivity index (χ2n) is 4.36. The average molecular weight is 286 g/mol. The van der Waals surface area contributed by atoms with Gasteiger partial charge in [-0.05, 0) is 23.3 Å². The number of thioether (sulfide) groups is 1. The molecule has 1 aliphatic heterocycles. The first kappa shape index (κ1) is 12.7. The number of nitro benzene ring substituents is 1. The van der Waals surface area contributed by atoms with Crippen LogP contribution in [0.25, 0.3) is 11.1 Å². The summed E-state index contributed by atoms with van der Waals surface area (Å²) in [6, 6.07) is 12.1. The summed E-state index contributed by atoms with van der Waals surface area (Å²) in [6.07, 6.45) is 0. The molecule has 2 aromatic rings. The van der Waals surface area contributed by atoms with Gasteiger partial charge >= 0.3 is 0 Å². The van der Waals surface area contributed by atoms with Crippen LogP contribution >= 0.6 is 11.8 Å². The van der Waals surface area contributed by atoms with Crippen LogP contribution in [0.15, 0.2) is 47.4 Å². The van der Waals surface area contributed by atoms with Crippen LogP contribution in [0.2, 0.25) is 0 Å². The molecule has 6 heteroatoms. The van der Waals surface area contributed by atoms with Crippen molar-refractivity contribution in [1.82, 2.24) is 0 Å². The number of amides is 1. The second-order valence-corrected chi connectivity index (χ2v) is 5.37. The number of anilines is 1. The summed E-state index contributed by atoms with van der Waals surface area (Å²) in [7, 11) is 0. The van der Waals surface area contributed by atoms with E-state index in [-0.39, 0.29) is 11.6 Å². The minimum Gasteiger partial charge on any atom is -0.324 e. The third kappa shape index (κ3) is 2.37. The van der Waals surface area contributed by atoms with E-state index in [1.807, 2.05) is 24.3 Å². The molecule has 0 saturated carbocycles. The van der Waals surface area contributed by atoms with Crippen molar-refractivity contribution >= 4 is 29.0 Å². The molecule has 1 heterocycles. The largest absolute Gasteiger partial charge is 0.324 e. The average Bonchev–Trinajstić information content (AvgIpc) is 2.47. The zero-order valence-corrected chi connectivity index (χ0v) is 11.1. The van der Waals surface area contributed by atoms with Crippen LogP contribution in [0.1, 0.15) is 0 Å². The Morgan fingerprint density at radius 2 is 1.95 bits per heavy atom. The summed E-state index contributed by atoms with van der Waals surface area (Å²) in [5.74, 6) is 0.386. The summed E-state index contributed by atoms with van der Waals surface area (Å²) in [6.45, 7) is 0. The third-order valence-electron chi connectivity index (χ3n) is 3.00. The molecule has 0 bridgehead atoms. The highest BCUT2D eigenvalue weighted by molar-refractivity contribution is 8.00. The molecule has 3 rings (SSSR count). The molecule has 100 valence electrons. The van der Waals surface area contributed by atoms with Gasteiger partial charge in [0.1, 0.15) is 0 Å². The van der Waals surface area contributed by atoms with E-state index in [1.54, 1.807) is 12.1 Å². The Morgan fingerprint density at radius 1 is 1.15 bits per heavy atom. The lowest BCUT2D eigenvalue weighted by molar-refractivity contribution is -0.384. The molecule has 20 heavy (non-hydrogen) atoms. The van der Waals surface area contributed by atoms with Gasteiger partial charge in [-0.15, -0.1) is 11.8 Å². The fraction of sp³-hybridized carbons (Fsp3) is 0.0714. The van der Waals surface area contributed by atoms with Crippen molar-refractivity contribution in [3.63, 3.8) is 0 Å². The minimum absolute atomic E-state index is 0.00870. The molecular weight excluding hydrogens is 276 g/mol. The molecule has 1 aliphatic rings. The lowest BCUT2D eigenvalue weighted by Gasteiger charge is -2.17. The smallest absolute Gasteiger partial charge is 0.270 e. The van der Waals surface area contributed by atoms with E-state index in [1.165, 1.54) is 17.8 Å². The zero-order chi connectivity index (χ0) is 14.1. The molecule has 0 aliphatic carbocycles. The summed E-state index contributed by atoms with van der Waals surface area (Å²) in [5, 5.41) is 13.6. The van der Waals surface area contributed by atoms with Crippen LogP contribution in [0.3, 0.4) is 0 Å². The first-order valence-corrected chi connectivity index (χ1v) is 6.93. The maximum Gasteiger partial charge on any atom is 0.270 e. The first-order valence-electron chi connectivity index (χ1n) is 5.95. The molecule has 0 radical (unpaired) electrons. The van der Waals surface area contributed by atoms with Crippen molar-refractivity contribution in [2.45, 2.75) is 4.90 Å². The van der Waals surface area contributed by atoms with Crippen molar-refractivity contribution < 1.29 is 9.72 Å². The van der Waals surface area contributed by atoms with Gasteiger partial charge in [0.05, 0.1) is 16.4 Å². The van der Waals surface area contributed by atoms with Gasteiger partial charge in [0.2, 0.25) is 5.91 Å². The number of nitro groups is 1. The zero-order valence-electron chi connectivity index (χ0n) is 10.3. The van der Waals surface area contributed by atoms with Crippen LogP contribution in [0.4, 0.5) is 11.4 Å². The summed E-state index contributed by atoms with van der Waals surface area (Å²) < 4.78 is 0. The van der Waals surface area contributed by atoms with Gasteiger partial charge < -0.3 is 5.32 Å². The molecule has 0 unspecified atom stereocenters. The number of nitrogens with zero attached hydrogens (tertiary/aromatic N) is 1. The Balaban J connectivity index is 2.01. The standard InChI is InChI=1S/C14H10N2O3S/c17-14-8-20-13-7-10(4-5-12(13)15-14)9-2-1-3-11(6-9)16(18)19/h1-7H,8H2,(H,15,17). The van der Waals surface area contributed by atoms with E-state index in [4.69, 9.17) is 0 Å². The Morgan fingerprint density at radius 3 is 2.75 bits per heavy atom. The van der Waals surface area contributed by atoms with E-state index >= 15 is 0 Å². The van der Waals surface area contributed by atoms with Gasteiger partial charge in [-0.25, -0.2) is 0 Å². The maximum absolute atomic E-state index is 11.3. The molecule has 0 atom stereocenters. The molecule has 5 nitrogen and oxygen atoms in total. The SMILES string of the molecule is O=C1CSc2cc(-c3cccc([N+](=O)[O-])c3)ccc2N1. The molecule has 0 fully saturated rings. The van der Waals surface area contributed by atoms with E-state index in [2.05, 4.69) is 5.32 Å². The predicted molar refractivity (Wildman–Crippen MR) is 77.9 cm³/mol. The highest BCUT2D eigenvalue weighted by Gasteiger charge is 2.16. The number of hydrogen-bond donors (Lipinski definition) is 1. The minimum atomic E-state index is -0.406. The van der Waals surface area contributed by atoms with Crippen LogP contribution in [-0.2, 0) is 4.79 Å². The molecule has 1 N–H and O–H groups in total. The lowest BCUT2D eigenvalue weighted by atomic mass is 10.0. The van der Waals surface area contributed by atoms with Gasteiger partial charge in [0, 0.05) is 17.0 Å². The normalized spacial score (nSPS) is 13.5. The fourth-order valence-electron chi connectivity index (χ4n) is 2.05. The maximum atomic E-state index is 11.3. The molecule has 0 saturated heterocycles. The number of carbonyl (C=O) groups is 1. The van der Waals surface area contributed by atoms with Gasteiger partial charge in [-0.3, -0.25) is 14.9 Å². The fourth-order valence-corrected chi connectivity index (χ4v) is 2.90. The van der Waals surface area contributed by atoms with Crippen molar-refractivity contribution in [3.05, 3.63) is 52.6 Å². The predicted octanol–water partition coefficient (Wildman–Crippen LogP) is 3.31. The Kier molecular flexibility index (Phi) is 3.15. The van der Waals surface area contributed by atoms with Gasteiger partial charge in [0.15, 0.2) is 0 Å². The van der Waals surface area contributed by atoms with Crippen molar-refractivity contribution in [2.75, 3.05) is 11.1 Å². The molecule has 1 amide bonds. The van der Waals surface area contributed by atoms with E-state index in [0.29, 0.717) is 5.75 Å². The molecule has 2 aromatic carbocycles. The number of nitrogens with one attached hydrogen (secondary N) is 1. The summed E-state index contributed by atoms with van der Waals surface area (Å²) in [5.41, 5.74) is 2.55. The van der Waals surface area contributed by atoms with Crippen LogP contribution in [0.5, 0.6) is 0 Å². The highest BCUT2D eigenvalue weighted by Crippen LogP contribution is 2.35. The number of fused-ring (bicyclic) bond motifs is 1. The third-order valence-corrected chi connectivity index (χ3v) is 4.06. The number of carbonyl (C=O) groups excluding carboxylic acids is 1. The highest BCUT2D eigenvalue weighted by atomic mass is 32.2. The summed E-state index contributed by atoms with van der Waals surface area (Å²) in [4.78, 5) is 22.7. The quantitative estimate of drug-likeness (QED) is 0.679. The molecular formula is C14H10N2O3S. The lowest BCUT2D eigenvalue weighted by Crippen LogP contribution is -2.18. The van der Waals surface area contributed by atoms with Crippen molar-refractivity contribution in [3.8, 4) is 11.1 Å². The van der Waals surface area contributed by atoms with Crippen molar-refractivity contribution in [2.24, 2.45) is 0 Å². The second kappa shape index (κ2) is 4.97. The van der Waals surface area contributed by atoms with E-state index < -0.39 is 4.92 Å². The van der Waals surface area contributed by atoms with Gasteiger partial charge in [0.25, 0.3) is 5.69 Å². The van der Waals surface area contributed by atoms with Crippen molar-refractivity contribution in [1.29, 1.82) is 0 Å². The number of non-ortho nitro benzene ring substituents is 1. The molecule has 0 aromatic heterocycles. The summed E-state index contributed by atoms with van der Waals surface area (Å²) >= 11 is 1.47. The number of hydrogen-bond acceptors (Lipinski definition) is 4. The number of benzene rings is 2. The first-order chi connectivity index (χ1) is 9.63. The van der Waals surface area contributed by atoms with Crippen LogP contribution in [-0.4, -0.2) is 16.6 Å².